The van der Waals surface area contributed by atoms with Crippen LogP contribution in [0.4, 0.5) is 4.79 Å². The third kappa shape index (κ3) is 6.44. The monoisotopic (exact) mass is 574 g/mol. The molecule has 12 heteroatoms. The van der Waals surface area contributed by atoms with Crippen molar-refractivity contribution in [2.75, 3.05) is 33.8 Å². The molecule has 3 aromatic heterocycles. The third-order valence-electron chi connectivity index (χ3n) is 7.55. The molecule has 5 rings (SSSR count). The highest BCUT2D eigenvalue weighted by molar-refractivity contribution is 5.97. The highest BCUT2D eigenvalue weighted by Crippen LogP contribution is 2.35. The van der Waals surface area contributed by atoms with Crippen molar-refractivity contribution >= 4 is 22.9 Å². The summed E-state index contributed by atoms with van der Waals surface area (Å²) in [6.45, 7) is 5.80. The Balaban J connectivity index is 1.52. The summed E-state index contributed by atoms with van der Waals surface area (Å²) in [4.78, 5) is 38.0. The van der Waals surface area contributed by atoms with Crippen molar-refractivity contribution in [2.24, 2.45) is 0 Å². The molecule has 0 radical (unpaired) electrons. The maximum atomic E-state index is 12.7. The molecule has 4 heterocycles. The number of rotatable bonds is 10. The lowest BCUT2D eigenvalue weighted by Crippen LogP contribution is -2.32. The molecule has 12 nitrogen and oxygen atoms in total. The van der Waals surface area contributed by atoms with E-state index in [1.807, 2.05) is 55.9 Å². The van der Waals surface area contributed by atoms with Crippen LogP contribution >= 0.6 is 0 Å². The summed E-state index contributed by atoms with van der Waals surface area (Å²) >= 11 is 0. The van der Waals surface area contributed by atoms with Crippen LogP contribution in [0, 0.1) is 6.92 Å². The lowest BCUT2D eigenvalue weighted by molar-refractivity contribution is -0.0365. The number of carbonyl (C=O) groups excluding carboxylic acids is 1. The number of H-pyrrole nitrogens is 1. The Kier molecular flexibility index (Phi) is 8.83. The van der Waals surface area contributed by atoms with Gasteiger partial charge in [0.25, 0.3) is 5.91 Å². The van der Waals surface area contributed by atoms with E-state index in [9.17, 15) is 9.59 Å². The van der Waals surface area contributed by atoms with Crippen LogP contribution in [0.3, 0.4) is 0 Å². The molecule has 1 fully saturated rings. The highest BCUT2D eigenvalue weighted by Gasteiger charge is 2.24. The van der Waals surface area contributed by atoms with E-state index in [0.717, 1.165) is 59.0 Å². The van der Waals surface area contributed by atoms with Crippen molar-refractivity contribution in [1.29, 1.82) is 0 Å². The first kappa shape index (κ1) is 29.2. The molecule has 2 atom stereocenters. The number of nitrogens with one attached hydrogen (secondary N) is 3. The van der Waals surface area contributed by atoms with Crippen LogP contribution in [0.25, 0.3) is 33.5 Å². The average Bonchev–Trinajstić information content (AvgIpc) is 3.59. The van der Waals surface area contributed by atoms with Crippen LogP contribution in [0.5, 0.6) is 0 Å². The van der Waals surface area contributed by atoms with E-state index < -0.39 is 6.09 Å². The molecule has 1 saturated heterocycles. The molecular formula is C30H38N8O4. The minimum absolute atomic E-state index is 0.181. The number of pyridine rings is 1. The van der Waals surface area contributed by atoms with Crippen molar-refractivity contribution in [3.63, 3.8) is 0 Å². The summed E-state index contributed by atoms with van der Waals surface area (Å²) in [5, 5.41) is 20.4. The van der Waals surface area contributed by atoms with Gasteiger partial charge in [-0.25, -0.2) is 14.5 Å². The van der Waals surface area contributed by atoms with Crippen LogP contribution < -0.4 is 10.6 Å². The van der Waals surface area contributed by atoms with Gasteiger partial charge in [-0.05, 0) is 82.4 Å². The number of ether oxygens (including phenoxy) is 1. The zero-order valence-corrected chi connectivity index (χ0v) is 24.5. The number of aromatic nitrogens is 5. The number of amides is 2. The first-order valence-corrected chi connectivity index (χ1v) is 14.3. The fourth-order valence-corrected chi connectivity index (χ4v) is 5.32. The van der Waals surface area contributed by atoms with Crippen molar-refractivity contribution in [3.05, 3.63) is 53.6 Å². The Morgan fingerprint density at radius 1 is 1.24 bits per heavy atom. The topological polar surface area (TPSA) is 150 Å². The van der Waals surface area contributed by atoms with Crippen LogP contribution in [0.15, 0.2) is 36.8 Å². The van der Waals surface area contributed by atoms with Gasteiger partial charge >= 0.3 is 6.09 Å². The van der Waals surface area contributed by atoms with E-state index in [4.69, 9.17) is 14.9 Å². The summed E-state index contributed by atoms with van der Waals surface area (Å²) in [6, 6.07) is 5.90. The number of benzene rings is 1. The molecule has 1 aromatic carbocycles. The molecule has 2 unspecified atom stereocenters. The van der Waals surface area contributed by atoms with Gasteiger partial charge in [-0.3, -0.25) is 9.78 Å². The standard InChI is InChI=1S/C30H38N8O4/c1-18(34-30(40)41)13-21-15-31-16-23(19(21)2)20-8-9-25-22(14-20)27(36-38(25)26-7-5-6-12-42-26)28-33-17-24(35-28)29(39)32-10-11-37(3)4/h8-9,14-18,26,34H,5-7,10-13H2,1-4H3,(H,32,39)(H,33,35)(H,40,41). The molecule has 1 aliphatic heterocycles. The second-order valence-corrected chi connectivity index (χ2v) is 11.1. The number of fused-ring (bicyclic) bond motifs is 1. The molecule has 0 spiro atoms. The van der Waals surface area contributed by atoms with E-state index in [1.165, 1.54) is 6.20 Å². The Labute approximate surface area is 244 Å². The van der Waals surface area contributed by atoms with E-state index in [-0.39, 0.29) is 18.2 Å². The van der Waals surface area contributed by atoms with E-state index in [1.54, 1.807) is 6.20 Å². The molecule has 4 aromatic rings. The number of carboxylic acid groups (broad SMARTS) is 1. The molecule has 4 N–H and O–H groups in total. The maximum Gasteiger partial charge on any atom is 0.404 e. The summed E-state index contributed by atoms with van der Waals surface area (Å²) < 4.78 is 8.01. The quantitative estimate of drug-likeness (QED) is 0.222. The van der Waals surface area contributed by atoms with Crippen LogP contribution in [0.2, 0.25) is 0 Å². The minimum Gasteiger partial charge on any atom is -0.465 e. The molecule has 0 saturated carbocycles. The smallest absolute Gasteiger partial charge is 0.404 e. The van der Waals surface area contributed by atoms with E-state index in [0.29, 0.717) is 36.8 Å². The molecule has 0 aliphatic carbocycles. The molecule has 0 bridgehead atoms. The lowest BCUT2D eigenvalue weighted by Gasteiger charge is -2.23. The summed E-state index contributed by atoms with van der Waals surface area (Å²) in [5.74, 6) is 0.280. The number of nitrogens with zero attached hydrogens (tertiary/aromatic N) is 5. The third-order valence-corrected chi connectivity index (χ3v) is 7.55. The summed E-state index contributed by atoms with van der Waals surface area (Å²) in [5.41, 5.74) is 5.81. The van der Waals surface area contributed by atoms with Crippen molar-refractivity contribution in [3.8, 4) is 22.6 Å². The fourth-order valence-electron chi connectivity index (χ4n) is 5.32. The van der Waals surface area contributed by atoms with Gasteiger partial charge in [-0.2, -0.15) is 5.10 Å². The molecule has 42 heavy (non-hydrogen) atoms. The van der Waals surface area contributed by atoms with Gasteiger partial charge in [-0.1, -0.05) is 6.07 Å². The minimum atomic E-state index is -1.05. The number of hydrogen-bond acceptors (Lipinski definition) is 7. The van der Waals surface area contributed by atoms with E-state index in [2.05, 4.69) is 31.7 Å². The van der Waals surface area contributed by atoms with Gasteiger partial charge in [0.1, 0.15) is 11.4 Å². The summed E-state index contributed by atoms with van der Waals surface area (Å²) in [7, 11) is 3.91. The van der Waals surface area contributed by atoms with Gasteiger partial charge in [0.2, 0.25) is 0 Å². The molecular weight excluding hydrogens is 536 g/mol. The number of hydrogen-bond donors (Lipinski definition) is 4. The zero-order valence-electron chi connectivity index (χ0n) is 24.5. The largest absolute Gasteiger partial charge is 0.465 e. The zero-order chi connectivity index (χ0) is 29.8. The molecule has 1 aliphatic rings. The van der Waals surface area contributed by atoms with Crippen molar-refractivity contribution in [1.82, 2.24) is 40.3 Å². The first-order chi connectivity index (χ1) is 20.2. The Hall–Kier alpha value is -4.29. The summed E-state index contributed by atoms with van der Waals surface area (Å²) in [6.07, 6.45) is 7.40. The number of aromatic amines is 1. The predicted molar refractivity (Wildman–Crippen MR) is 159 cm³/mol. The fraction of sp³-hybridized carbons (Fsp3) is 0.433. The predicted octanol–water partition coefficient (Wildman–Crippen LogP) is 3.99. The van der Waals surface area contributed by atoms with Gasteiger partial charge < -0.3 is 30.4 Å². The first-order valence-electron chi connectivity index (χ1n) is 14.3. The number of likely N-dealkylation sites (N-methyl/N-ethyl adjacent to an activating group) is 1. The van der Waals surface area contributed by atoms with E-state index >= 15 is 0 Å². The maximum absolute atomic E-state index is 12.7. The SMILES string of the molecule is Cc1c(CC(C)NC(=O)O)cncc1-c1ccc2c(c1)c(-c1ncc(C(=O)NCCN(C)C)[nH]1)nn2C1CCCCO1. The van der Waals surface area contributed by atoms with Gasteiger partial charge in [-0.15, -0.1) is 0 Å². The second kappa shape index (κ2) is 12.7. The Morgan fingerprint density at radius 3 is 2.81 bits per heavy atom. The normalized spacial score (nSPS) is 16.1. The van der Waals surface area contributed by atoms with Crippen LogP contribution in [-0.2, 0) is 11.2 Å². The average molecular weight is 575 g/mol. The van der Waals surface area contributed by atoms with Crippen molar-refractivity contribution in [2.45, 2.75) is 51.8 Å². The van der Waals surface area contributed by atoms with Crippen LogP contribution in [-0.4, -0.2) is 86.6 Å². The number of imidazole rings is 1. The van der Waals surface area contributed by atoms with Crippen molar-refractivity contribution < 1.29 is 19.4 Å². The molecule has 2 amide bonds. The Bertz CT molecular complexity index is 1570. The number of carbonyl (C=O) groups is 2. The lowest BCUT2D eigenvalue weighted by atomic mass is 9.95. The van der Waals surface area contributed by atoms with Gasteiger partial charge in [0.15, 0.2) is 12.1 Å². The highest BCUT2D eigenvalue weighted by atomic mass is 16.5. The van der Waals surface area contributed by atoms with Crippen LogP contribution in [0.1, 0.15) is 54.0 Å². The van der Waals surface area contributed by atoms with Gasteiger partial charge in [0, 0.05) is 49.1 Å². The second-order valence-electron chi connectivity index (χ2n) is 11.1. The molecule has 222 valence electrons. The van der Waals surface area contributed by atoms with Gasteiger partial charge in [0.05, 0.1) is 11.7 Å². The Morgan fingerprint density at radius 2 is 2.07 bits per heavy atom.